The number of allylic oxidation sites excluding steroid dienone is 30. The van der Waals surface area contributed by atoms with Gasteiger partial charge in [0.15, 0.2) is 6.10 Å². The molecular formula is C85H138O16P2. The Kier molecular flexibility index (Phi) is 72.3. The molecule has 0 aliphatic heterocycles. The highest BCUT2D eigenvalue weighted by atomic mass is 31.2. The Morgan fingerprint density at radius 3 is 0.816 bits per heavy atom. The fourth-order valence-electron chi connectivity index (χ4n) is 9.70. The topological polar surface area (TPSA) is 231 Å². The second-order valence-electron chi connectivity index (χ2n) is 25.4. The van der Waals surface area contributed by atoms with Crippen molar-refractivity contribution in [3.05, 3.63) is 182 Å². The smallest absolute Gasteiger partial charge is 0.463 e. The average Bonchev–Trinajstić information content (AvgIpc) is 0.922. The number of ether oxygens (including phenoxy) is 3. The Morgan fingerprint density at radius 2 is 0.515 bits per heavy atom. The van der Waals surface area contributed by atoms with Gasteiger partial charge in [0.2, 0.25) is 0 Å². The summed E-state index contributed by atoms with van der Waals surface area (Å²) in [6, 6.07) is 0. The van der Waals surface area contributed by atoms with E-state index in [9.17, 15) is 43.5 Å². The number of hydrogen-bond donors (Lipinski definition) is 4. The van der Waals surface area contributed by atoms with Gasteiger partial charge in [-0.2, -0.15) is 0 Å². The van der Waals surface area contributed by atoms with Crippen LogP contribution in [0.2, 0.25) is 0 Å². The summed E-state index contributed by atoms with van der Waals surface area (Å²) in [5.41, 5.74) is 0. The minimum atomic E-state index is -4.95. The fourth-order valence-corrected chi connectivity index (χ4v) is 11.3. The van der Waals surface area contributed by atoms with E-state index in [0.29, 0.717) is 19.3 Å². The molecule has 0 radical (unpaired) electrons. The van der Waals surface area contributed by atoms with E-state index in [1.165, 1.54) is 19.3 Å². The van der Waals surface area contributed by atoms with Crippen molar-refractivity contribution in [2.75, 3.05) is 39.6 Å². The minimum absolute atomic E-state index is 0.0729. The first-order chi connectivity index (χ1) is 50.2. The molecule has 0 aromatic carbocycles. The van der Waals surface area contributed by atoms with Gasteiger partial charge in [0, 0.05) is 19.3 Å². The van der Waals surface area contributed by atoms with Gasteiger partial charge < -0.3 is 34.2 Å². The highest BCUT2D eigenvalue weighted by Gasteiger charge is 2.29. The zero-order valence-corrected chi connectivity index (χ0v) is 65.5. The van der Waals surface area contributed by atoms with Crippen LogP contribution in [-0.4, -0.2) is 95.9 Å². The van der Waals surface area contributed by atoms with Gasteiger partial charge in [0.25, 0.3) is 0 Å². The lowest BCUT2D eigenvalue weighted by Gasteiger charge is -2.21. The zero-order chi connectivity index (χ0) is 75.2. The van der Waals surface area contributed by atoms with Crippen molar-refractivity contribution in [3.63, 3.8) is 0 Å². The molecule has 5 atom stereocenters. The maximum absolute atomic E-state index is 13.0. The summed E-state index contributed by atoms with van der Waals surface area (Å²) in [6.07, 6.45) is 97.7. The van der Waals surface area contributed by atoms with Crippen molar-refractivity contribution < 1.29 is 75.8 Å². The molecule has 5 unspecified atom stereocenters. The van der Waals surface area contributed by atoms with Crippen LogP contribution in [0.15, 0.2) is 182 Å². The van der Waals surface area contributed by atoms with Crippen LogP contribution in [0.4, 0.5) is 0 Å². The van der Waals surface area contributed by atoms with E-state index in [2.05, 4.69) is 203 Å². The van der Waals surface area contributed by atoms with E-state index < -0.39 is 91.5 Å². The van der Waals surface area contributed by atoms with Gasteiger partial charge in [-0.05, 0) is 161 Å². The largest absolute Gasteiger partial charge is 0.472 e. The van der Waals surface area contributed by atoms with Crippen molar-refractivity contribution in [3.8, 4) is 0 Å². The van der Waals surface area contributed by atoms with Crippen LogP contribution < -0.4 is 0 Å². The predicted molar refractivity (Wildman–Crippen MR) is 426 cm³/mol. The Labute approximate surface area is 624 Å². The third kappa shape index (κ3) is 77.6. The molecule has 584 valence electrons. The SMILES string of the molecule is CC/C=C\C/C=C\C/C=C\C/C=C\C/C=C\C/C=C\CCCCCCC(=O)OCC(O)COP(=O)(O)OCC(O)COP(=O)(O)OCC(COC(=O)CCCCCCCCC/C=C\C/C=C\C/C=C\C/C=C\C/C=C\CC)OC(=O)CCCCCCC/C=C\C/C=C\C/C=C\C/C=C\CCCCC. The Bertz CT molecular complexity index is 2600. The van der Waals surface area contributed by atoms with Crippen LogP contribution in [0.3, 0.4) is 0 Å². The van der Waals surface area contributed by atoms with Crippen molar-refractivity contribution in [2.45, 2.75) is 296 Å². The van der Waals surface area contributed by atoms with Crippen LogP contribution in [-0.2, 0) is 55.8 Å². The maximum Gasteiger partial charge on any atom is 0.472 e. The third-order valence-corrected chi connectivity index (χ3v) is 17.5. The summed E-state index contributed by atoms with van der Waals surface area (Å²) in [5.74, 6) is -1.64. The maximum atomic E-state index is 13.0. The Balaban J connectivity index is 4.79. The van der Waals surface area contributed by atoms with Crippen LogP contribution in [0, 0.1) is 0 Å². The molecule has 0 spiro atoms. The first-order valence-corrected chi connectivity index (χ1v) is 42.1. The van der Waals surface area contributed by atoms with Gasteiger partial charge in [-0.1, -0.05) is 280 Å². The number of phosphoric acid groups is 2. The van der Waals surface area contributed by atoms with Crippen molar-refractivity contribution >= 4 is 33.6 Å². The summed E-state index contributed by atoms with van der Waals surface area (Å²) in [5, 5.41) is 20.6. The van der Waals surface area contributed by atoms with Crippen molar-refractivity contribution in [2.24, 2.45) is 0 Å². The Hall–Kier alpha value is -5.35. The van der Waals surface area contributed by atoms with E-state index in [1.54, 1.807) is 0 Å². The molecule has 0 fully saturated rings. The first kappa shape index (κ1) is 97.7. The number of hydrogen-bond acceptors (Lipinski definition) is 14. The molecule has 4 N–H and O–H groups in total. The van der Waals surface area contributed by atoms with Crippen LogP contribution in [0.5, 0.6) is 0 Å². The number of phosphoric ester groups is 2. The number of rotatable bonds is 72. The summed E-state index contributed by atoms with van der Waals surface area (Å²) < 4.78 is 61.2. The second kappa shape index (κ2) is 76.3. The molecule has 0 rings (SSSR count). The number of esters is 3. The predicted octanol–water partition coefficient (Wildman–Crippen LogP) is 23.0. The normalized spacial score (nSPS) is 15.0. The molecule has 0 aliphatic carbocycles. The molecular weight excluding hydrogens is 1340 g/mol. The molecule has 0 amide bonds. The molecule has 103 heavy (non-hydrogen) atoms. The first-order valence-electron chi connectivity index (χ1n) is 39.1. The van der Waals surface area contributed by atoms with Gasteiger partial charge in [-0.15, -0.1) is 0 Å². The number of aliphatic hydroxyl groups excluding tert-OH is 2. The van der Waals surface area contributed by atoms with Gasteiger partial charge in [-0.3, -0.25) is 32.5 Å². The lowest BCUT2D eigenvalue weighted by atomic mass is 10.1. The third-order valence-electron chi connectivity index (χ3n) is 15.6. The average molecular weight is 1480 g/mol. The molecule has 0 saturated heterocycles. The number of unbranched alkanes of at least 4 members (excludes halogenated alkanes) is 19. The molecule has 0 saturated carbocycles. The van der Waals surface area contributed by atoms with Gasteiger partial charge in [0.05, 0.1) is 26.4 Å². The van der Waals surface area contributed by atoms with Gasteiger partial charge in [0.1, 0.15) is 25.4 Å². The van der Waals surface area contributed by atoms with E-state index >= 15 is 0 Å². The standard InChI is InChI=1S/C85H138O16P2/c1-4-7-10-13-16-19-22-25-28-31-34-37-39-42-44-47-50-53-56-59-62-65-68-71-83(88)95-74-80(86)75-97-102(91,92)98-76-81(87)77-99-103(93,94)100-79-82(101-85(90)73-70-67-64-61-58-55-52-49-46-41-36-33-30-27-24-21-18-15-12-9-6-3)78-96-84(89)72-69-66-63-60-57-54-51-48-45-43-40-38-35-32-29-26-23-20-17-14-11-8-5-2/h7-8,10-11,16-21,25-30,34-38,41-45,49-50,52-53,80-82,86-87H,4-6,9,12-15,22-24,31-33,39-40,46-48,51,54-79H2,1-3H3,(H,91,92)(H,93,94)/b10-7-,11-8-,19-16-,20-17-,21-18-,28-25-,29-26-,30-27-,37-34-,38-35-,41-36-,44-42-,45-43-,52-49-,53-50-. The summed E-state index contributed by atoms with van der Waals surface area (Å²) >= 11 is 0. The molecule has 0 aromatic rings. The molecule has 16 nitrogen and oxygen atoms in total. The number of aliphatic hydroxyl groups is 2. The van der Waals surface area contributed by atoms with Crippen LogP contribution >= 0.6 is 15.6 Å². The molecule has 0 aromatic heterocycles. The second-order valence-corrected chi connectivity index (χ2v) is 28.3. The fraction of sp³-hybridized carbons (Fsp3) is 0.612. The van der Waals surface area contributed by atoms with Gasteiger partial charge in [-0.25, -0.2) is 9.13 Å². The number of carbonyl (C=O) groups excluding carboxylic acids is 3. The summed E-state index contributed by atoms with van der Waals surface area (Å²) in [6.45, 7) is 2.34. The number of carbonyl (C=O) groups is 3. The van der Waals surface area contributed by atoms with E-state index in [0.717, 1.165) is 199 Å². The highest BCUT2D eigenvalue weighted by molar-refractivity contribution is 7.47. The molecule has 0 heterocycles. The van der Waals surface area contributed by atoms with Crippen LogP contribution in [0.1, 0.15) is 278 Å². The molecule has 0 aliphatic rings. The van der Waals surface area contributed by atoms with Crippen LogP contribution in [0.25, 0.3) is 0 Å². The van der Waals surface area contributed by atoms with E-state index in [1.807, 2.05) is 0 Å². The van der Waals surface area contributed by atoms with E-state index in [-0.39, 0.29) is 19.3 Å². The zero-order valence-electron chi connectivity index (χ0n) is 63.7. The monoisotopic (exact) mass is 1480 g/mol. The quantitative estimate of drug-likeness (QED) is 0.0146. The minimum Gasteiger partial charge on any atom is -0.463 e. The lowest BCUT2D eigenvalue weighted by Crippen LogP contribution is -2.30. The lowest BCUT2D eigenvalue weighted by molar-refractivity contribution is -0.161. The Morgan fingerprint density at radius 1 is 0.282 bits per heavy atom. The summed E-state index contributed by atoms with van der Waals surface area (Å²) in [4.78, 5) is 58.7. The highest BCUT2D eigenvalue weighted by Crippen LogP contribution is 2.45. The molecule has 18 heteroatoms. The van der Waals surface area contributed by atoms with E-state index in [4.69, 9.17) is 32.3 Å². The molecule has 0 bridgehead atoms. The van der Waals surface area contributed by atoms with Gasteiger partial charge >= 0.3 is 33.6 Å². The summed E-state index contributed by atoms with van der Waals surface area (Å²) in [7, 11) is -9.83. The van der Waals surface area contributed by atoms with Crippen molar-refractivity contribution in [1.82, 2.24) is 0 Å². The van der Waals surface area contributed by atoms with Crippen molar-refractivity contribution in [1.29, 1.82) is 0 Å².